The molecule has 1 aliphatic carbocycles. The fourth-order valence-electron chi connectivity index (χ4n) is 1.86. The van der Waals surface area contributed by atoms with E-state index in [4.69, 9.17) is 4.74 Å². The standard InChI is InChI=1S/C14H21N3O2S/c1-4-8-17-12(11-6-7-11)15-16-14(17)20-10(3)13(18)19-9-5-2/h4,10-11H,1,5-9H2,2-3H3. The average Bonchev–Trinajstić information content (AvgIpc) is 3.21. The Morgan fingerprint density at radius 2 is 2.35 bits per heavy atom. The summed E-state index contributed by atoms with van der Waals surface area (Å²) >= 11 is 1.40. The molecule has 2 rings (SSSR count). The fourth-order valence-corrected chi connectivity index (χ4v) is 2.72. The van der Waals surface area contributed by atoms with E-state index >= 15 is 0 Å². The van der Waals surface area contributed by atoms with Crippen molar-refractivity contribution in [2.45, 2.75) is 56.0 Å². The number of hydrogen-bond donors (Lipinski definition) is 0. The summed E-state index contributed by atoms with van der Waals surface area (Å²) in [6.45, 7) is 8.74. The summed E-state index contributed by atoms with van der Waals surface area (Å²) in [7, 11) is 0. The molecule has 1 aromatic rings. The second kappa shape index (κ2) is 6.92. The summed E-state index contributed by atoms with van der Waals surface area (Å²) in [5, 5.41) is 8.98. The van der Waals surface area contributed by atoms with E-state index in [-0.39, 0.29) is 11.2 Å². The van der Waals surface area contributed by atoms with Gasteiger partial charge in [-0.05, 0) is 26.2 Å². The third-order valence-electron chi connectivity index (χ3n) is 3.06. The van der Waals surface area contributed by atoms with Crippen LogP contribution in [0.25, 0.3) is 0 Å². The third kappa shape index (κ3) is 3.62. The fraction of sp³-hybridized carbons (Fsp3) is 0.643. The van der Waals surface area contributed by atoms with Gasteiger partial charge in [0, 0.05) is 12.5 Å². The minimum Gasteiger partial charge on any atom is -0.465 e. The maximum absolute atomic E-state index is 11.8. The van der Waals surface area contributed by atoms with Crippen molar-refractivity contribution in [2.75, 3.05) is 6.61 Å². The average molecular weight is 295 g/mol. The number of esters is 1. The van der Waals surface area contributed by atoms with Crippen molar-refractivity contribution in [3.05, 3.63) is 18.5 Å². The molecule has 0 bridgehead atoms. The molecule has 1 aromatic heterocycles. The number of nitrogens with zero attached hydrogens (tertiary/aromatic N) is 3. The van der Waals surface area contributed by atoms with Gasteiger partial charge in [0.05, 0.1) is 6.61 Å². The van der Waals surface area contributed by atoms with Crippen molar-refractivity contribution in [3.63, 3.8) is 0 Å². The van der Waals surface area contributed by atoms with Gasteiger partial charge in [-0.3, -0.25) is 4.79 Å². The molecule has 1 aliphatic rings. The highest BCUT2D eigenvalue weighted by atomic mass is 32.2. The van der Waals surface area contributed by atoms with Crippen LogP contribution >= 0.6 is 11.8 Å². The predicted molar refractivity (Wildman–Crippen MR) is 78.8 cm³/mol. The van der Waals surface area contributed by atoms with Gasteiger partial charge in [-0.15, -0.1) is 16.8 Å². The van der Waals surface area contributed by atoms with Gasteiger partial charge in [0.15, 0.2) is 5.16 Å². The van der Waals surface area contributed by atoms with E-state index < -0.39 is 0 Å². The minimum absolute atomic E-state index is 0.196. The third-order valence-corrected chi connectivity index (χ3v) is 4.12. The lowest BCUT2D eigenvalue weighted by Crippen LogP contribution is -2.18. The first-order valence-corrected chi connectivity index (χ1v) is 7.92. The number of allylic oxidation sites excluding steroid dienone is 1. The van der Waals surface area contributed by atoms with E-state index in [9.17, 15) is 4.79 Å². The molecule has 1 heterocycles. The molecular weight excluding hydrogens is 274 g/mol. The zero-order valence-corrected chi connectivity index (χ0v) is 12.9. The lowest BCUT2D eigenvalue weighted by Gasteiger charge is -2.11. The molecule has 0 aliphatic heterocycles. The van der Waals surface area contributed by atoms with Gasteiger partial charge in [-0.1, -0.05) is 24.8 Å². The molecule has 1 atom stereocenters. The first-order valence-electron chi connectivity index (χ1n) is 7.04. The van der Waals surface area contributed by atoms with Crippen LogP contribution < -0.4 is 0 Å². The van der Waals surface area contributed by atoms with Crippen molar-refractivity contribution in [1.29, 1.82) is 0 Å². The molecule has 0 N–H and O–H groups in total. The smallest absolute Gasteiger partial charge is 0.319 e. The summed E-state index contributed by atoms with van der Waals surface area (Å²) < 4.78 is 7.21. The van der Waals surface area contributed by atoms with E-state index in [1.54, 1.807) is 0 Å². The summed E-state index contributed by atoms with van der Waals surface area (Å²) in [5.74, 6) is 1.35. The van der Waals surface area contributed by atoms with Gasteiger partial charge >= 0.3 is 5.97 Å². The second-order valence-electron chi connectivity index (χ2n) is 4.94. The SMILES string of the molecule is C=CCn1c(SC(C)C(=O)OCCC)nnc1C1CC1. The van der Waals surface area contributed by atoms with Crippen LogP contribution in [-0.4, -0.2) is 32.6 Å². The van der Waals surface area contributed by atoms with Crippen molar-refractivity contribution in [1.82, 2.24) is 14.8 Å². The molecule has 1 saturated carbocycles. The van der Waals surface area contributed by atoms with Crippen molar-refractivity contribution in [2.24, 2.45) is 0 Å². The molecule has 0 amide bonds. The predicted octanol–water partition coefficient (Wildman–Crippen LogP) is 2.78. The highest BCUT2D eigenvalue weighted by molar-refractivity contribution is 8.00. The summed E-state index contributed by atoms with van der Waals surface area (Å²) in [6.07, 6.45) is 5.02. The van der Waals surface area contributed by atoms with Crippen LogP contribution in [0.3, 0.4) is 0 Å². The van der Waals surface area contributed by atoms with Crippen molar-refractivity contribution >= 4 is 17.7 Å². The van der Waals surface area contributed by atoms with E-state index in [1.807, 2.05) is 19.9 Å². The van der Waals surface area contributed by atoms with Crippen molar-refractivity contribution in [3.8, 4) is 0 Å². The normalized spacial score (nSPS) is 15.9. The monoisotopic (exact) mass is 295 g/mol. The number of carbonyl (C=O) groups excluding carboxylic acids is 1. The summed E-state index contributed by atoms with van der Waals surface area (Å²) in [5.41, 5.74) is 0. The highest BCUT2D eigenvalue weighted by Gasteiger charge is 2.31. The zero-order chi connectivity index (χ0) is 14.5. The summed E-state index contributed by atoms with van der Waals surface area (Å²) in [6, 6.07) is 0. The Morgan fingerprint density at radius 1 is 1.60 bits per heavy atom. The van der Waals surface area contributed by atoms with Crippen LogP contribution in [-0.2, 0) is 16.1 Å². The van der Waals surface area contributed by atoms with Crippen LogP contribution in [0.1, 0.15) is 44.9 Å². The lowest BCUT2D eigenvalue weighted by atomic mass is 10.4. The van der Waals surface area contributed by atoms with E-state index in [0.717, 1.165) is 17.4 Å². The largest absolute Gasteiger partial charge is 0.465 e. The molecule has 6 heteroatoms. The van der Waals surface area contributed by atoms with Gasteiger partial charge < -0.3 is 9.30 Å². The zero-order valence-electron chi connectivity index (χ0n) is 12.0. The van der Waals surface area contributed by atoms with Gasteiger partial charge in [0.25, 0.3) is 0 Å². The van der Waals surface area contributed by atoms with Crippen molar-refractivity contribution < 1.29 is 9.53 Å². The van der Waals surface area contributed by atoms with Crippen LogP contribution in [0.4, 0.5) is 0 Å². The van der Waals surface area contributed by atoms with E-state index in [1.165, 1.54) is 24.6 Å². The molecule has 0 spiro atoms. The maximum atomic E-state index is 11.8. The number of carbonyl (C=O) groups is 1. The number of aromatic nitrogens is 3. The first-order chi connectivity index (χ1) is 9.67. The topological polar surface area (TPSA) is 57.0 Å². The Labute approximate surface area is 123 Å². The number of rotatable bonds is 8. The molecule has 20 heavy (non-hydrogen) atoms. The van der Waals surface area contributed by atoms with Gasteiger partial charge in [-0.2, -0.15) is 0 Å². The Hall–Kier alpha value is -1.30. The van der Waals surface area contributed by atoms with E-state index in [2.05, 4.69) is 21.3 Å². The second-order valence-corrected chi connectivity index (χ2v) is 6.25. The Bertz CT molecular complexity index is 483. The first kappa shape index (κ1) is 15.1. The lowest BCUT2D eigenvalue weighted by molar-refractivity contribution is -0.142. The minimum atomic E-state index is -0.277. The molecule has 1 unspecified atom stereocenters. The van der Waals surface area contributed by atoms with E-state index in [0.29, 0.717) is 19.1 Å². The molecule has 0 aromatic carbocycles. The molecular formula is C14H21N3O2S. The molecule has 110 valence electrons. The number of hydrogen-bond acceptors (Lipinski definition) is 5. The molecule has 1 fully saturated rings. The highest BCUT2D eigenvalue weighted by Crippen LogP contribution is 2.40. The molecule has 5 nitrogen and oxygen atoms in total. The quantitative estimate of drug-likeness (QED) is 0.419. The number of ether oxygens (including phenoxy) is 1. The number of thioether (sulfide) groups is 1. The van der Waals surface area contributed by atoms with Gasteiger partial charge in [0.1, 0.15) is 11.1 Å². The Balaban J connectivity index is 2.04. The Kier molecular flexibility index (Phi) is 5.23. The Morgan fingerprint density at radius 3 is 2.95 bits per heavy atom. The molecule has 0 radical (unpaired) electrons. The van der Waals surface area contributed by atoms with Crippen LogP contribution in [0, 0.1) is 0 Å². The maximum Gasteiger partial charge on any atom is 0.319 e. The summed E-state index contributed by atoms with van der Waals surface area (Å²) in [4.78, 5) is 11.8. The van der Waals surface area contributed by atoms with Crippen LogP contribution in [0.5, 0.6) is 0 Å². The van der Waals surface area contributed by atoms with Crippen LogP contribution in [0.2, 0.25) is 0 Å². The molecule has 0 saturated heterocycles. The van der Waals surface area contributed by atoms with Gasteiger partial charge in [-0.25, -0.2) is 0 Å². The van der Waals surface area contributed by atoms with Crippen LogP contribution in [0.15, 0.2) is 17.8 Å². The van der Waals surface area contributed by atoms with Gasteiger partial charge in [0.2, 0.25) is 0 Å².